The molecule has 5 nitrogen and oxygen atoms in total. The van der Waals surface area contributed by atoms with E-state index in [9.17, 15) is 22.8 Å². The molecule has 0 radical (unpaired) electrons. The van der Waals surface area contributed by atoms with E-state index in [4.69, 9.17) is 0 Å². The summed E-state index contributed by atoms with van der Waals surface area (Å²) in [5, 5.41) is 5.45. The topological polar surface area (TPSA) is 61.4 Å². The van der Waals surface area contributed by atoms with E-state index in [1.165, 1.54) is 23.1 Å². The maximum absolute atomic E-state index is 13.2. The molecule has 0 spiro atoms. The maximum atomic E-state index is 13.2. The van der Waals surface area contributed by atoms with Gasteiger partial charge >= 0.3 is 6.18 Å². The molecule has 0 aliphatic rings. The summed E-state index contributed by atoms with van der Waals surface area (Å²) in [7, 11) is 0. The molecule has 0 unspecified atom stereocenters. The SMILES string of the molecule is CCN(CC(=O)Nc1ccccc1C(F)(F)F)C(=O)c1ccccc1Nc1ccccc1. The van der Waals surface area contributed by atoms with Gasteiger partial charge in [-0.2, -0.15) is 13.2 Å². The largest absolute Gasteiger partial charge is 0.418 e. The van der Waals surface area contributed by atoms with Gasteiger partial charge in [-0.25, -0.2) is 0 Å². The van der Waals surface area contributed by atoms with Crippen LogP contribution in [0.2, 0.25) is 0 Å². The van der Waals surface area contributed by atoms with Crippen molar-refractivity contribution in [1.82, 2.24) is 4.90 Å². The number of anilines is 3. The fourth-order valence-electron chi connectivity index (χ4n) is 3.16. The van der Waals surface area contributed by atoms with E-state index in [-0.39, 0.29) is 18.8 Å². The van der Waals surface area contributed by atoms with Crippen molar-refractivity contribution in [1.29, 1.82) is 0 Å². The van der Waals surface area contributed by atoms with Crippen molar-refractivity contribution in [3.05, 3.63) is 90.0 Å². The number of nitrogens with one attached hydrogen (secondary N) is 2. The molecule has 0 fully saturated rings. The summed E-state index contributed by atoms with van der Waals surface area (Å²) >= 11 is 0. The molecule has 0 aliphatic carbocycles. The van der Waals surface area contributed by atoms with Crippen LogP contribution in [0.4, 0.5) is 30.2 Å². The Morgan fingerprint density at radius 2 is 1.44 bits per heavy atom. The zero-order valence-corrected chi connectivity index (χ0v) is 17.3. The van der Waals surface area contributed by atoms with Crippen LogP contribution in [0.5, 0.6) is 0 Å². The summed E-state index contributed by atoms with van der Waals surface area (Å²) in [6.07, 6.45) is -4.60. The average Bonchev–Trinajstić information content (AvgIpc) is 2.78. The Balaban J connectivity index is 1.76. The minimum atomic E-state index is -4.60. The van der Waals surface area contributed by atoms with E-state index in [1.807, 2.05) is 30.3 Å². The predicted octanol–water partition coefficient (Wildman–Crippen LogP) is 5.55. The quantitative estimate of drug-likeness (QED) is 0.505. The second-order valence-electron chi connectivity index (χ2n) is 6.95. The number of nitrogens with zero attached hydrogens (tertiary/aromatic N) is 1. The van der Waals surface area contributed by atoms with E-state index in [1.54, 1.807) is 31.2 Å². The maximum Gasteiger partial charge on any atom is 0.418 e. The molecule has 0 saturated carbocycles. The van der Waals surface area contributed by atoms with Crippen molar-refractivity contribution in [3.63, 3.8) is 0 Å². The van der Waals surface area contributed by atoms with Gasteiger partial charge in [-0.05, 0) is 43.3 Å². The Morgan fingerprint density at radius 3 is 2.09 bits per heavy atom. The van der Waals surface area contributed by atoms with E-state index in [0.717, 1.165) is 11.8 Å². The molecule has 0 bridgehead atoms. The van der Waals surface area contributed by atoms with E-state index in [2.05, 4.69) is 10.6 Å². The standard InChI is InChI=1S/C24H22F3N3O2/c1-2-30(16-22(31)29-21-15-9-7-13-19(21)24(25,26)27)23(32)18-12-6-8-14-20(18)28-17-10-4-3-5-11-17/h3-15,28H,2,16H2,1H3,(H,29,31). The summed E-state index contributed by atoms with van der Waals surface area (Å²) in [6.45, 7) is 1.51. The third-order valence-corrected chi connectivity index (χ3v) is 4.72. The molecule has 0 aromatic heterocycles. The van der Waals surface area contributed by atoms with Crippen molar-refractivity contribution in [2.24, 2.45) is 0 Å². The number of para-hydroxylation sites is 3. The first-order valence-corrected chi connectivity index (χ1v) is 9.96. The number of hydrogen-bond acceptors (Lipinski definition) is 3. The van der Waals surface area contributed by atoms with Gasteiger partial charge in [0, 0.05) is 12.2 Å². The second-order valence-corrected chi connectivity index (χ2v) is 6.95. The molecule has 166 valence electrons. The Bertz CT molecular complexity index is 1090. The van der Waals surface area contributed by atoms with Gasteiger partial charge in [-0.15, -0.1) is 0 Å². The molecule has 3 rings (SSSR count). The van der Waals surface area contributed by atoms with Crippen LogP contribution in [-0.2, 0) is 11.0 Å². The lowest BCUT2D eigenvalue weighted by atomic mass is 10.1. The molecular formula is C24H22F3N3O2. The second kappa shape index (κ2) is 10.00. The van der Waals surface area contributed by atoms with Gasteiger partial charge in [0.2, 0.25) is 5.91 Å². The first kappa shape index (κ1) is 22.9. The monoisotopic (exact) mass is 441 g/mol. The fraction of sp³-hybridized carbons (Fsp3) is 0.167. The van der Waals surface area contributed by atoms with E-state index >= 15 is 0 Å². The van der Waals surface area contributed by atoms with Crippen molar-refractivity contribution in [2.75, 3.05) is 23.7 Å². The molecule has 0 saturated heterocycles. The zero-order valence-electron chi connectivity index (χ0n) is 17.3. The molecule has 32 heavy (non-hydrogen) atoms. The van der Waals surface area contributed by atoms with Crippen LogP contribution in [0.3, 0.4) is 0 Å². The first-order chi connectivity index (χ1) is 15.3. The third-order valence-electron chi connectivity index (χ3n) is 4.72. The number of carbonyl (C=O) groups excluding carboxylic acids is 2. The highest BCUT2D eigenvalue weighted by atomic mass is 19.4. The minimum absolute atomic E-state index is 0.201. The van der Waals surface area contributed by atoms with Gasteiger partial charge in [0.1, 0.15) is 6.54 Å². The van der Waals surface area contributed by atoms with E-state index < -0.39 is 23.6 Å². The number of carbonyl (C=O) groups is 2. The van der Waals surface area contributed by atoms with Crippen LogP contribution < -0.4 is 10.6 Å². The highest BCUT2D eigenvalue weighted by molar-refractivity contribution is 6.03. The summed E-state index contributed by atoms with van der Waals surface area (Å²) < 4.78 is 39.5. The third kappa shape index (κ3) is 5.66. The molecule has 2 amide bonds. The van der Waals surface area contributed by atoms with Gasteiger partial charge in [0.15, 0.2) is 0 Å². The molecule has 2 N–H and O–H groups in total. The van der Waals surface area contributed by atoms with Crippen LogP contribution in [0.1, 0.15) is 22.8 Å². The number of alkyl halides is 3. The molecule has 0 atom stereocenters. The van der Waals surface area contributed by atoms with E-state index in [0.29, 0.717) is 11.3 Å². The Labute approximate surface area is 183 Å². The van der Waals surface area contributed by atoms with Crippen molar-refractivity contribution in [3.8, 4) is 0 Å². The molecular weight excluding hydrogens is 419 g/mol. The van der Waals surface area contributed by atoms with Crippen LogP contribution >= 0.6 is 0 Å². The Hall–Kier alpha value is -3.81. The zero-order chi connectivity index (χ0) is 23.1. The fourth-order valence-corrected chi connectivity index (χ4v) is 3.16. The average molecular weight is 441 g/mol. The van der Waals surface area contributed by atoms with Gasteiger partial charge < -0.3 is 15.5 Å². The summed E-state index contributed by atoms with van der Waals surface area (Å²) in [4.78, 5) is 26.9. The summed E-state index contributed by atoms with van der Waals surface area (Å²) in [6, 6.07) is 20.9. The predicted molar refractivity (Wildman–Crippen MR) is 118 cm³/mol. The van der Waals surface area contributed by atoms with Gasteiger partial charge in [0.25, 0.3) is 5.91 Å². The van der Waals surface area contributed by atoms with Crippen molar-refractivity contribution < 1.29 is 22.8 Å². The van der Waals surface area contributed by atoms with Crippen LogP contribution in [0.15, 0.2) is 78.9 Å². The highest BCUT2D eigenvalue weighted by Gasteiger charge is 2.33. The minimum Gasteiger partial charge on any atom is -0.355 e. The number of benzene rings is 3. The molecule has 3 aromatic rings. The molecule has 8 heteroatoms. The van der Waals surface area contributed by atoms with Gasteiger partial charge in [-0.3, -0.25) is 9.59 Å². The lowest BCUT2D eigenvalue weighted by Crippen LogP contribution is -2.38. The van der Waals surface area contributed by atoms with Crippen LogP contribution in [0.25, 0.3) is 0 Å². The summed E-state index contributed by atoms with van der Waals surface area (Å²) in [5.41, 5.74) is 0.406. The van der Waals surface area contributed by atoms with Crippen molar-refractivity contribution >= 4 is 28.9 Å². The smallest absolute Gasteiger partial charge is 0.355 e. The normalized spacial score (nSPS) is 11.0. The van der Waals surface area contributed by atoms with Crippen molar-refractivity contribution in [2.45, 2.75) is 13.1 Å². The number of rotatable bonds is 7. The summed E-state index contributed by atoms with van der Waals surface area (Å²) in [5.74, 6) is -1.13. The molecule has 0 aliphatic heterocycles. The Morgan fingerprint density at radius 1 is 0.844 bits per heavy atom. The number of hydrogen-bond donors (Lipinski definition) is 2. The van der Waals surface area contributed by atoms with Gasteiger partial charge in [0.05, 0.1) is 22.5 Å². The highest BCUT2D eigenvalue weighted by Crippen LogP contribution is 2.34. The van der Waals surface area contributed by atoms with Gasteiger partial charge in [-0.1, -0.05) is 42.5 Å². The van der Waals surface area contributed by atoms with Crippen LogP contribution in [-0.4, -0.2) is 29.8 Å². The van der Waals surface area contributed by atoms with Crippen LogP contribution in [0, 0.1) is 0 Å². The Kier molecular flexibility index (Phi) is 7.14. The number of amides is 2. The molecule has 0 heterocycles. The molecule has 3 aromatic carbocycles. The first-order valence-electron chi connectivity index (χ1n) is 9.96. The lowest BCUT2D eigenvalue weighted by molar-refractivity contribution is -0.137. The number of likely N-dealkylation sites (N-methyl/N-ethyl adjacent to an activating group) is 1. The lowest BCUT2D eigenvalue weighted by Gasteiger charge is -2.22. The number of halogens is 3.